The van der Waals surface area contributed by atoms with Crippen LogP contribution in [-0.4, -0.2) is 6.21 Å². The van der Waals surface area contributed by atoms with Gasteiger partial charge in [0.25, 0.3) is 0 Å². The van der Waals surface area contributed by atoms with Gasteiger partial charge in [0, 0.05) is 21.8 Å². The number of halogens is 2. The highest BCUT2D eigenvalue weighted by atomic mass is 35.5. The number of nitrogens with zero attached hydrogens (tertiary/aromatic N) is 1. The van der Waals surface area contributed by atoms with Crippen molar-refractivity contribution in [1.82, 2.24) is 0 Å². The minimum Gasteiger partial charge on any atom is -0.489 e. The smallest absolute Gasteiger partial charge is 0.120 e. The van der Waals surface area contributed by atoms with Crippen LogP contribution in [0.5, 0.6) is 5.75 Å². The summed E-state index contributed by atoms with van der Waals surface area (Å²) in [5.41, 5.74) is 2.78. The number of hydrogen-bond acceptors (Lipinski definition) is 2. The third kappa shape index (κ3) is 4.60. The van der Waals surface area contributed by atoms with Gasteiger partial charge in [-0.25, -0.2) is 0 Å². The Morgan fingerprint density at radius 2 is 1.71 bits per heavy atom. The van der Waals surface area contributed by atoms with Gasteiger partial charge >= 0.3 is 0 Å². The van der Waals surface area contributed by atoms with Crippen LogP contribution in [0, 0.1) is 0 Å². The van der Waals surface area contributed by atoms with Crippen LogP contribution in [0.3, 0.4) is 0 Å². The van der Waals surface area contributed by atoms with Crippen LogP contribution >= 0.6 is 23.2 Å². The van der Waals surface area contributed by atoms with Crippen molar-refractivity contribution >= 4 is 35.1 Å². The third-order valence-corrected chi connectivity index (χ3v) is 3.97. The van der Waals surface area contributed by atoms with Crippen molar-refractivity contribution in [3.05, 3.63) is 94.0 Å². The van der Waals surface area contributed by atoms with Gasteiger partial charge in [0.2, 0.25) is 0 Å². The summed E-state index contributed by atoms with van der Waals surface area (Å²) >= 11 is 12.1. The van der Waals surface area contributed by atoms with Crippen molar-refractivity contribution in [2.75, 3.05) is 0 Å². The Kier molecular flexibility index (Phi) is 5.52. The molecular weight excluding hydrogens is 341 g/mol. The van der Waals surface area contributed by atoms with E-state index >= 15 is 0 Å². The van der Waals surface area contributed by atoms with Crippen molar-refractivity contribution in [2.45, 2.75) is 6.61 Å². The quantitative estimate of drug-likeness (QED) is 0.490. The van der Waals surface area contributed by atoms with Gasteiger partial charge in [0.05, 0.1) is 5.69 Å². The first kappa shape index (κ1) is 16.6. The molecule has 0 atom stereocenters. The highest BCUT2D eigenvalue weighted by Gasteiger charge is 2.03. The van der Waals surface area contributed by atoms with Crippen LogP contribution in [0.15, 0.2) is 77.8 Å². The van der Waals surface area contributed by atoms with Crippen LogP contribution in [0.2, 0.25) is 10.0 Å². The molecule has 0 saturated heterocycles. The molecule has 4 heteroatoms. The predicted octanol–water partition coefficient (Wildman–Crippen LogP) is 6.32. The average Bonchev–Trinajstić information content (AvgIpc) is 2.60. The molecule has 0 aliphatic heterocycles. The molecule has 24 heavy (non-hydrogen) atoms. The normalized spacial score (nSPS) is 10.9. The molecule has 0 aliphatic carbocycles. The Morgan fingerprint density at radius 3 is 2.50 bits per heavy atom. The Labute approximate surface area is 151 Å². The lowest BCUT2D eigenvalue weighted by atomic mass is 10.2. The SMILES string of the molecule is Clc1ccc(COc2cccc(C=Nc3ccccc3)c2)c(Cl)c1. The maximum absolute atomic E-state index is 6.16. The molecule has 3 aromatic carbocycles. The maximum atomic E-state index is 6.16. The molecule has 0 unspecified atom stereocenters. The number of benzene rings is 3. The largest absolute Gasteiger partial charge is 0.489 e. The molecule has 0 amide bonds. The monoisotopic (exact) mass is 355 g/mol. The third-order valence-electron chi connectivity index (χ3n) is 3.39. The molecule has 0 heterocycles. The minimum atomic E-state index is 0.384. The van der Waals surface area contributed by atoms with E-state index in [0.29, 0.717) is 16.7 Å². The van der Waals surface area contributed by atoms with E-state index in [4.69, 9.17) is 27.9 Å². The standard InChI is InChI=1S/C20H15Cl2NO/c21-17-10-9-16(20(22)12-17)14-24-19-8-4-5-15(11-19)13-23-18-6-2-1-3-7-18/h1-13H,14H2. The summed E-state index contributed by atoms with van der Waals surface area (Å²) < 4.78 is 5.82. The average molecular weight is 356 g/mol. The number of rotatable bonds is 5. The molecule has 0 bridgehead atoms. The lowest BCUT2D eigenvalue weighted by molar-refractivity contribution is 0.306. The molecule has 0 spiro atoms. The highest BCUT2D eigenvalue weighted by molar-refractivity contribution is 6.35. The van der Waals surface area contributed by atoms with Gasteiger partial charge in [-0.2, -0.15) is 0 Å². The summed E-state index contributed by atoms with van der Waals surface area (Å²) in [5.74, 6) is 0.762. The van der Waals surface area contributed by atoms with Gasteiger partial charge in [-0.3, -0.25) is 4.99 Å². The Morgan fingerprint density at radius 1 is 0.875 bits per heavy atom. The van der Waals surface area contributed by atoms with E-state index < -0.39 is 0 Å². The first-order chi connectivity index (χ1) is 11.7. The van der Waals surface area contributed by atoms with E-state index in [1.54, 1.807) is 12.1 Å². The van der Waals surface area contributed by atoms with Crippen LogP contribution in [0.4, 0.5) is 5.69 Å². The summed E-state index contributed by atoms with van der Waals surface area (Å²) in [6.07, 6.45) is 1.82. The number of aliphatic imine (C=N–C) groups is 1. The summed E-state index contributed by atoms with van der Waals surface area (Å²) in [5, 5.41) is 1.21. The fraction of sp³-hybridized carbons (Fsp3) is 0.0500. The van der Waals surface area contributed by atoms with Crippen molar-refractivity contribution in [1.29, 1.82) is 0 Å². The second-order valence-corrected chi connectivity index (χ2v) is 6.03. The van der Waals surface area contributed by atoms with E-state index in [-0.39, 0.29) is 0 Å². The van der Waals surface area contributed by atoms with Gasteiger partial charge < -0.3 is 4.74 Å². The molecule has 3 aromatic rings. The van der Waals surface area contributed by atoms with E-state index in [1.165, 1.54) is 0 Å². The fourth-order valence-electron chi connectivity index (χ4n) is 2.15. The Bertz CT molecular complexity index is 847. The zero-order chi connectivity index (χ0) is 16.8. The van der Waals surface area contributed by atoms with Gasteiger partial charge in [-0.15, -0.1) is 0 Å². The first-order valence-corrected chi connectivity index (χ1v) is 8.22. The van der Waals surface area contributed by atoms with Crippen LogP contribution in [0.1, 0.15) is 11.1 Å². The zero-order valence-corrected chi connectivity index (χ0v) is 14.3. The van der Waals surface area contributed by atoms with Crippen LogP contribution < -0.4 is 4.74 Å². The predicted molar refractivity (Wildman–Crippen MR) is 101 cm³/mol. The molecule has 3 rings (SSSR count). The zero-order valence-electron chi connectivity index (χ0n) is 12.8. The molecule has 2 nitrogen and oxygen atoms in total. The molecule has 0 aliphatic rings. The van der Waals surface area contributed by atoms with Crippen molar-refractivity contribution in [3.63, 3.8) is 0 Å². The summed E-state index contributed by atoms with van der Waals surface area (Å²) in [7, 11) is 0. The van der Waals surface area contributed by atoms with E-state index in [2.05, 4.69) is 4.99 Å². The van der Waals surface area contributed by atoms with Crippen LogP contribution in [0.25, 0.3) is 0 Å². The lowest BCUT2D eigenvalue weighted by Crippen LogP contribution is -1.96. The second-order valence-electron chi connectivity index (χ2n) is 5.19. The van der Waals surface area contributed by atoms with E-state index in [0.717, 1.165) is 22.6 Å². The number of para-hydroxylation sites is 1. The summed E-state index contributed by atoms with van der Waals surface area (Å²) in [6.45, 7) is 0.384. The molecule has 0 fully saturated rings. The molecule has 120 valence electrons. The molecule has 0 aromatic heterocycles. The Balaban J connectivity index is 1.68. The van der Waals surface area contributed by atoms with Crippen LogP contribution in [-0.2, 0) is 6.61 Å². The van der Waals surface area contributed by atoms with Crippen molar-refractivity contribution in [2.24, 2.45) is 4.99 Å². The number of hydrogen-bond donors (Lipinski definition) is 0. The van der Waals surface area contributed by atoms with Gasteiger partial charge in [-0.05, 0) is 42.0 Å². The Hall–Kier alpha value is -2.29. The molecule has 0 saturated carbocycles. The summed E-state index contributed by atoms with van der Waals surface area (Å²) in [6, 6.07) is 22.9. The van der Waals surface area contributed by atoms with E-state index in [1.807, 2.05) is 66.9 Å². The van der Waals surface area contributed by atoms with Gasteiger partial charge in [-0.1, -0.05) is 59.6 Å². The molecule has 0 radical (unpaired) electrons. The maximum Gasteiger partial charge on any atom is 0.120 e. The second kappa shape index (κ2) is 8.00. The van der Waals surface area contributed by atoms with E-state index in [9.17, 15) is 0 Å². The van der Waals surface area contributed by atoms with Gasteiger partial charge in [0.15, 0.2) is 0 Å². The van der Waals surface area contributed by atoms with Crippen molar-refractivity contribution in [3.8, 4) is 5.75 Å². The lowest BCUT2D eigenvalue weighted by Gasteiger charge is -2.08. The molecule has 0 N–H and O–H groups in total. The first-order valence-electron chi connectivity index (χ1n) is 7.46. The van der Waals surface area contributed by atoms with Gasteiger partial charge in [0.1, 0.15) is 12.4 Å². The summed E-state index contributed by atoms with van der Waals surface area (Å²) in [4.78, 5) is 4.44. The minimum absolute atomic E-state index is 0.384. The fourth-order valence-corrected chi connectivity index (χ4v) is 2.61. The van der Waals surface area contributed by atoms with Crippen molar-refractivity contribution < 1.29 is 4.74 Å². The topological polar surface area (TPSA) is 21.6 Å². The highest BCUT2D eigenvalue weighted by Crippen LogP contribution is 2.23. The number of ether oxygens (including phenoxy) is 1. The molecular formula is C20H15Cl2NO.